The van der Waals surface area contributed by atoms with Crippen LogP contribution in [0.4, 0.5) is 5.69 Å². The number of fused-ring (bicyclic) bond motifs is 1. The Balaban J connectivity index is 0.000000826. The van der Waals surface area contributed by atoms with Crippen molar-refractivity contribution in [2.24, 2.45) is 0 Å². The number of carbonyl (C=O) groups excluding carboxylic acids is 3. The maximum Gasteiger partial charge on any atom is 0.264 e. The fourth-order valence-electron chi connectivity index (χ4n) is 5.89. The highest BCUT2D eigenvalue weighted by Crippen LogP contribution is 2.40. The quantitative estimate of drug-likeness (QED) is 0.200. The lowest BCUT2D eigenvalue weighted by Crippen LogP contribution is -2.46. The Labute approximate surface area is 290 Å². The van der Waals surface area contributed by atoms with E-state index in [1.165, 1.54) is 50.0 Å². The van der Waals surface area contributed by atoms with E-state index in [4.69, 9.17) is 9.47 Å². The average Bonchev–Trinajstić information content (AvgIpc) is 3.88. The van der Waals surface area contributed by atoms with Gasteiger partial charge in [0.2, 0.25) is 5.91 Å². The smallest absolute Gasteiger partial charge is 0.264 e. The third-order valence-electron chi connectivity index (χ3n) is 8.69. The molecule has 2 fully saturated rings. The van der Waals surface area contributed by atoms with Gasteiger partial charge in [-0.25, -0.2) is 0 Å². The van der Waals surface area contributed by atoms with Crippen molar-refractivity contribution in [3.05, 3.63) is 101 Å². The fourth-order valence-corrected chi connectivity index (χ4v) is 5.89. The van der Waals surface area contributed by atoms with Crippen LogP contribution in [0.1, 0.15) is 77.9 Å². The number of piperazine rings is 1. The maximum atomic E-state index is 14.2. The second-order valence-corrected chi connectivity index (χ2v) is 12.1. The molecule has 1 aliphatic carbocycles. The molecular formula is C39H50N4O6. The van der Waals surface area contributed by atoms with Crippen LogP contribution in [0.25, 0.3) is 0 Å². The van der Waals surface area contributed by atoms with Crippen molar-refractivity contribution in [2.45, 2.75) is 58.7 Å². The summed E-state index contributed by atoms with van der Waals surface area (Å²) in [5.74, 6) is -0.301. The molecule has 6 rings (SSSR count). The number of methoxy groups -OCH3 is 2. The van der Waals surface area contributed by atoms with E-state index in [0.717, 1.165) is 38.4 Å². The highest BCUT2D eigenvalue weighted by Gasteiger charge is 2.43. The van der Waals surface area contributed by atoms with Gasteiger partial charge in [-0.1, -0.05) is 68.5 Å². The normalized spacial score (nSPS) is 16.4. The minimum Gasteiger partial charge on any atom is -0.493 e. The second-order valence-electron chi connectivity index (χ2n) is 12.1. The number of nitrogens with one attached hydrogen (secondary N) is 1. The molecule has 1 unspecified atom stereocenters. The molecule has 10 nitrogen and oxygen atoms in total. The summed E-state index contributed by atoms with van der Waals surface area (Å²) in [5, 5.41) is 12.3. The lowest BCUT2D eigenvalue weighted by atomic mass is 10.0. The van der Waals surface area contributed by atoms with Gasteiger partial charge in [-0.3, -0.25) is 24.2 Å². The van der Waals surface area contributed by atoms with Crippen LogP contribution in [0.5, 0.6) is 11.5 Å². The highest BCUT2D eigenvalue weighted by atomic mass is 16.5. The van der Waals surface area contributed by atoms with Gasteiger partial charge in [-0.15, -0.1) is 0 Å². The Morgan fingerprint density at radius 1 is 0.898 bits per heavy atom. The van der Waals surface area contributed by atoms with E-state index < -0.39 is 18.1 Å². The number of amides is 3. The average molecular weight is 671 g/mol. The lowest BCUT2D eigenvalue weighted by molar-refractivity contribution is -0.128. The van der Waals surface area contributed by atoms with Crippen LogP contribution < -0.4 is 19.7 Å². The Morgan fingerprint density at radius 3 is 2.14 bits per heavy atom. The van der Waals surface area contributed by atoms with Gasteiger partial charge in [0.25, 0.3) is 11.8 Å². The number of hydrogen-bond donors (Lipinski definition) is 2. The number of aliphatic hydroxyl groups excluding tert-OH is 1. The Morgan fingerprint density at radius 2 is 1.55 bits per heavy atom. The molecule has 0 radical (unpaired) electrons. The summed E-state index contributed by atoms with van der Waals surface area (Å²) >= 11 is 0. The molecular weight excluding hydrogens is 620 g/mol. The molecule has 3 amide bonds. The van der Waals surface area contributed by atoms with Crippen LogP contribution in [0, 0.1) is 0 Å². The SMILES string of the molecule is C=C1CC1.CC.COc1ccc([C@@H](CCNC(=O)C(C)O)N2C(=O)c3cccc(N4CCN(Cc5ccccc5)CC4)c3C2=O)cc1OC. The third kappa shape index (κ3) is 9.28. The van der Waals surface area contributed by atoms with E-state index in [2.05, 4.69) is 33.8 Å². The number of aliphatic hydroxyl groups is 1. The van der Waals surface area contributed by atoms with Gasteiger partial charge in [-0.2, -0.15) is 0 Å². The molecule has 262 valence electrons. The Bertz CT molecular complexity index is 1590. The molecule has 0 spiro atoms. The van der Waals surface area contributed by atoms with Crippen LogP contribution in [0.3, 0.4) is 0 Å². The molecule has 10 heteroatoms. The summed E-state index contributed by atoms with van der Waals surface area (Å²) < 4.78 is 10.9. The molecule has 2 N–H and O–H groups in total. The van der Waals surface area contributed by atoms with Gasteiger partial charge >= 0.3 is 0 Å². The summed E-state index contributed by atoms with van der Waals surface area (Å²) in [6.07, 6.45) is 1.65. The van der Waals surface area contributed by atoms with Gasteiger partial charge in [-0.05, 0) is 61.6 Å². The minimum absolute atomic E-state index is 0.145. The number of imide groups is 1. The zero-order valence-electron chi connectivity index (χ0n) is 29.4. The largest absolute Gasteiger partial charge is 0.493 e. The standard InChI is InChI=1S/C33H38N4O6.C4H6.C2H6/c1-22(38)31(39)34-15-14-26(24-12-13-28(42-2)29(20-24)43-3)37-32(40)25-10-7-11-27(30(25)33(37)41)36-18-16-35(17-19-36)21-23-8-5-4-6-9-23;1-4-2-3-4;1-2/h4-13,20,22,26,38H,14-19,21H2,1-3H3,(H,34,39);1-3H2;1-2H3/t22?,26-;;/m1../s1. The molecule has 2 aliphatic heterocycles. The molecule has 3 aromatic carbocycles. The molecule has 0 aromatic heterocycles. The summed E-state index contributed by atoms with van der Waals surface area (Å²) in [6.45, 7) is 13.2. The van der Waals surface area contributed by atoms with Crippen LogP contribution >= 0.6 is 0 Å². The van der Waals surface area contributed by atoms with Crippen molar-refractivity contribution in [1.82, 2.24) is 15.1 Å². The van der Waals surface area contributed by atoms with E-state index in [1.807, 2.05) is 44.2 Å². The summed E-state index contributed by atoms with van der Waals surface area (Å²) in [4.78, 5) is 46.0. The molecule has 3 aromatic rings. The van der Waals surface area contributed by atoms with E-state index >= 15 is 0 Å². The number of benzene rings is 3. The number of allylic oxidation sites excluding steroid dienone is 1. The van der Waals surface area contributed by atoms with Gasteiger partial charge in [0.05, 0.1) is 37.1 Å². The number of ether oxygens (including phenoxy) is 2. The topological polar surface area (TPSA) is 112 Å². The number of hydrogen-bond acceptors (Lipinski definition) is 8. The van der Waals surface area contributed by atoms with Crippen LogP contribution in [-0.4, -0.2) is 85.7 Å². The van der Waals surface area contributed by atoms with Crippen LogP contribution in [-0.2, 0) is 11.3 Å². The van der Waals surface area contributed by atoms with E-state index in [0.29, 0.717) is 28.2 Å². The number of anilines is 1. The van der Waals surface area contributed by atoms with Gasteiger partial charge in [0.1, 0.15) is 6.10 Å². The van der Waals surface area contributed by atoms with Gasteiger partial charge < -0.3 is 24.8 Å². The number of rotatable bonds is 11. The summed E-state index contributed by atoms with van der Waals surface area (Å²) in [6, 6.07) is 20.4. The molecule has 1 saturated heterocycles. The highest BCUT2D eigenvalue weighted by molar-refractivity contribution is 6.24. The molecule has 0 bridgehead atoms. The predicted octanol–water partition coefficient (Wildman–Crippen LogP) is 5.61. The van der Waals surface area contributed by atoms with Crippen molar-refractivity contribution in [1.29, 1.82) is 0 Å². The molecule has 49 heavy (non-hydrogen) atoms. The zero-order chi connectivity index (χ0) is 35.5. The molecule has 2 atom stereocenters. The predicted molar refractivity (Wildman–Crippen MR) is 192 cm³/mol. The number of nitrogens with zero attached hydrogens (tertiary/aromatic N) is 3. The third-order valence-corrected chi connectivity index (χ3v) is 8.69. The second kappa shape index (κ2) is 17.6. The minimum atomic E-state index is -1.17. The number of carbonyl (C=O) groups is 3. The summed E-state index contributed by atoms with van der Waals surface area (Å²) in [7, 11) is 3.06. The first-order valence-electron chi connectivity index (χ1n) is 17.1. The fraction of sp³-hybridized carbons (Fsp3) is 0.410. The first kappa shape index (κ1) is 37.2. The zero-order valence-corrected chi connectivity index (χ0v) is 29.4. The van der Waals surface area contributed by atoms with E-state index in [1.54, 1.807) is 24.3 Å². The van der Waals surface area contributed by atoms with Crippen molar-refractivity contribution in [3.8, 4) is 11.5 Å². The maximum absolute atomic E-state index is 14.2. The Kier molecular flexibility index (Phi) is 13.4. The van der Waals surface area contributed by atoms with E-state index in [9.17, 15) is 19.5 Å². The molecule has 1 saturated carbocycles. The molecule has 2 heterocycles. The molecule has 3 aliphatic rings. The lowest BCUT2D eigenvalue weighted by Gasteiger charge is -2.36. The first-order valence-corrected chi connectivity index (χ1v) is 17.1. The monoisotopic (exact) mass is 670 g/mol. The van der Waals surface area contributed by atoms with Gasteiger partial charge in [0, 0.05) is 39.3 Å². The Hall–Kier alpha value is -4.67. The van der Waals surface area contributed by atoms with Crippen molar-refractivity contribution >= 4 is 23.4 Å². The van der Waals surface area contributed by atoms with Crippen LogP contribution in [0.15, 0.2) is 78.9 Å². The van der Waals surface area contributed by atoms with Crippen molar-refractivity contribution < 1.29 is 29.0 Å². The summed E-state index contributed by atoms with van der Waals surface area (Å²) in [5.41, 5.74) is 4.87. The van der Waals surface area contributed by atoms with Gasteiger partial charge in [0.15, 0.2) is 11.5 Å². The first-order chi connectivity index (χ1) is 23.7. The van der Waals surface area contributed by atoms with Crippen molar-refractivity contribution in [2.75, 3.05) is 51.8 Å². The van der Waals surface area contributed by atoms with Crippen LogP contribution in [0.2, 0.25) is 0 Å². The van der Waals surface area contributed by atoms with Crippen molar-refractivity contribution in [3.63, 3.8) is 0 Å². The van der Waals surface area contributed by atoms with E-state index in [-0.39, 0.29) is 24.8 Å².